The van der Waals surface area contributed by atoms with Gasteiger partial charge in [-0.3, -0.25) is 9.36 Å². The van der Waals surface area contributed by atoms with Gasteiger partial charge in [0.05, 0.1) is 24.1 Å². The number of benzene rings is 1. The third-order valence-electron chi connectivity index (χ3n) is 5.12. The van der Waals surface area contributed by atoms with E-state index in [4.69, 9.17) is 14.5 Å². The van der Waals surface area contributed by atoms with E-state index in [0.717, 1.165) is 11.4 Å². The van der Waals surface area contributed by atoms with E-state index in [-0.39, 0.29) is 5.56 Å². The van der Waals surface area contributed by atoms with Crippen LogP contribution in [-0.2, 0) is 22.4 Å². The van der Waals surface area contributed by atoms with Crippen LogP contribution >= 0.6 is 0 Å². The normalized spacial score (nSPS) is 18.8. The zero-order valence-corrected chi connectivity index (χ0v) is 14.2. The summed E-state index contributed by atoms with van der Waals surface area (Å²) in [7, 11) is 0. The lowest BCUT2D eigenvalue weighted by atomic mass is 10.1. The Morgan fingerprint density at radius 3 is 2.69 bits per heavy atom. The van der Waals surface area contributed by atoms with Crippen LogP contribution in [-0.4, -0.2) is 38.5 Å². The van der Waals surface area contributed by atoms with Gasteiger partial charge in [0.25, 0.3) is 5.56 Å². The Balaban J connectivity index is 1.60. The molecule has 5 rings (SSSR count). The van der Waals surface area contributed by atoms with Crippen LogP contribution in [0, 0.1) is 0 Å². The first-order valence-electron chi connectivity index (χ1n) is 8.83. The molecule has 7 heteroatoms. The lowest BCUT2D eigenvalue weighted by Gasteiger charge is -2.24. The first-order chi connectivity index (χ1) is 12.7. The third-order valence-corrected chi connectivity index (χ3v) is 5.12. The zero-order chi connectivity index (χ0) is 17.6. The molecule has 1 spiro atoms. The first kappa shape index (κ1) is 15.6. The van der Waals surface area contributed by atoms with Gasteiger partial charge in [0.1, 0.15) is 5.82 Å². The molecule has 1 aromatic carbocycles. The lowest BCUT2D eigenvalue weighted by Crippen LogP contribution is -2.31. The van der Waals surface area contributed by atoms with Gasteiger partial charge in [0.2, 0.25) is 0 Å². The summed E-state index contributed by atoms with van der Waals surface area (Å²) >= 11 is 0. The Morgan fingerprint density at radius 2 is 1.88 bits per heavy atom. The fourth-order valence-electron chi connectivity index (χ4n) is 3.77. The molecule has 2 aliphatic rings. The van der Waals surface area contributed by atoms with E-state index in [2.05, 4.69) is 9.97 Å². The van der Waals surface area contributed by atoms with Gasteiger partial charge in [-0.25, -0.2) is 15.0 Å². The lowest BCUT2D eigenvalue weighted by molar-refractivity contribution is -0.165. The Morgan fingerprint density at radius 1 is 1.08 bits per heavy atom. The second-order valence-corrected chi connectivity index (χ2v) is 6.65. The van der Waals surface area contributed by atoms with Crippen molar-refractivity contribution in [3.8, 4) is 11.4 Å². The summed E-state index contributed by atoms with van der Waals surface area (Å²) in [6.45, 7) is 1.78. The van der Waals surface area contributed by atoms with Crippen molar-refractivity contribution >= 4 is 10.9 Å². The van der Waals surface area contributed by atoms with Crippen molar-refractivity contribution in [3.05, 3.63) is 52.8 Å². The first-order valence-corrected chi connectivity index (χ1v) is 8.83. The molecule has 2 aromatic heterocycles. The molecule has 0 atom stereocenters. The fourth-order valence-corrected chi connectivity index (χ4v) is 3.77. The Kier molecular flexibility index (Phi) is 3.58. The van der Waals surface area contributed by atoms with E-state index in [0.29, 0.717) is 55.7 Å². The van der Waals surface area contributed by atoms with Crippen LogP contribution in [0.2, 0.25) is 0 Å². The number of aryl methyl sites for hydroxylation is 1. The molecule has 0 N–H and O–H groups in total. The SMILES string of the molecule is O=c1c2ccc(-c3ncccn3)cc2nc2n1CCC1(CC2)OCCO1. The van der Waals surface area contributed by atoms with E-state index in [9.17, 15) is 4.79 Å². The number of aromatic nitrogens is 4. The maximum Gasteiger partial charge on any atom is 0.261 e. The van der Waals surface area contributed by atoms with Crippen LogP contribution in [0.1, 0.15) is 18.7 Å². The number of fused-ring (bicyclic) bond motifs is 2. The molecule has 0 unspecified atom stereocenters. The monoisotopic (exact) mass is 350 g/mol. The van der Waals surface area contributed by atoms with Gasteiger partial charge in [0.15, 0.2) is 11.6 Å². The van der Waals surface area contributed by atoms with Crippen LogP contribution in [0.15, 0.2) is 41.5 Å². The van der Waals surface area contributed by atoms with Crippen molar-refractivity contribution in [2.24, 2.45) is 0 Å². The molecule has 4 heterocycles. The molecular weight excluding hydrogens is 332 g/mol. The summed E-state index contributed by atoms with van der Waals surface area (Å²) in [5, 5.41) is 0.609. The Labute approximate surface area is 149 Å². The van der Waals surface area contributed by atoms with Crippen molar-refractivity contribution in [2.75, 3.05) is 13.2 Å². The third kappa shape index (κ3) is 2.51. The van der Waals surface area contributed by atoms with Crippen LogP contribution in [0.5, 0.6) is 0 Å². The van der Waals surface area contributed by atoms with Crippen molar-refractivity contribution < 1.29 is 9.47 Å². The summed E-state index contributed by atoms with van der Waals surface area (Å²) in [5.41, 5.74) is 1.51. The van der Waals surface area contributed by atoms with Crippen molar-refractivity contribution in [2.45, 2.75) is 31.6 Å². The minimum atomic E-state index is -0.560. The van der Waals surface area contributed by atoms with E-state index < -0.39 is 5.79 Å². The number of nitrogens with zero attached hydrogens (tertiary/aromatic N) is 4. The van der Waals surface area contributed by atoms with Crippen molar-refractivity contribution in [3.63, 3.8) is 0 Å². The number of ether oxygens (including phenoxy) is 2. The smallest absolute Gasteiger partial charge is 0.261 e. The summed E-state index contributed by atoms with van der Waals surface area (Å²) in [4.78, 5) is 26.3. The molecule has 2 aliphatic heterocycles. The largest absolute Gasteiger partial charge is 0.347 e. The topological polar surface area (TPSA) is 79.1 Å². The molecule has 7 nitrogen and oxygen atoms in total. The van der Waals surface area contributed by atoms with Gasteiger partial charge >= 0.3 is 0 Å². The van der Waals surface area contributed by atoms with Crippen molar-refractivity contribution in [1.82, 2.24) is 19.5 Å². The predicted molar refractivity (Wildman–Crippen MR) is 94.6 cm³/mol. The van der Waals surface area contributed by atoms with Gasteiger partial charge in [0, 0.05) is 43.8 Å². The number of hydrogen-bond acceptors (Lipinski definition) is 6. The highest BCUT2D eigenvalue weighted by molar-refractivity contribution is 5.82. The molecular formula is C19H18N4O3. The van der Waals surface area contributed by atoms with Crippen LogP contribution in [0.25, 0.3) is 22.3 Å². The summed E-state index contributed by atoms with van der Waals surface area (Å²) < 4.78 is 13.4. The van der Waals surface area contributed by atoms with E-state index in [1.54, 1.807) is 23.0 Å². The molecule has 0 radical (unpaired) electrons. The highest BCUT2D eigenvalue weighted by Gasteiger charge is 2.38. The molecule has 0 bridgehead atoms. The molecule has 0 amide bonds. The van der Waals surface area contributed by atoms with E-state index >= 15 is 0 Å². The standard InChI is InChI=1S/C19H18N4O3/c24-18-14-3-2-13(17-20-7-1-8-21-17)12-15(14)22-16-4-5-19(6-9-23(16)18)25-10-11-26-19/h1-3,7-8,12H,4-6,9-11H2. The maximum absolute atomic E-state index is 13.0. The molecule has 3 aromatic rings. The molecule has 0 aliphatic carbocycles. The van der Waals surface area contributed by atoms with Crippen LogP contribution < -0.4 is 5.56 Å². The summed E-state index contributed by atoms with van der Waals surface area (Å²) in [6, 6.07) is 7.34. The van der Waals surface area contributed by atoms with Gasteiger partial charge in [-0.1, -0.05) is 6.07 Å². The second-order valence-electron chi connectivity index (χ2n) is 6.65. The van der Waals surface area contributed by atoms with Gasteiger partial charge < -0.3 is 9.47 Å². The Hall–Kier alpha value is -2.64. The highest BCUT2D eigenvalue weighted by atomic mass is 16.7. The molecule has 26 heavy (non-hydrogen) atoms. The van der Waals surface area contributed by atoms with Gasteiger partial charge in [-0.15, -0.1) is 0 Å². The fraction of sp³-hybridized carbons (Fsp3) is 0.368. The number of rotatable bonds is 1. The van der Waals surface area contributed by atoms with Gasteiger partial charge in [-0.2, -0.15) is 0 Å². The minimum Gasteiger partial charge on any atom is -0.347 e. The van der Waals surface area contributed by atoms with Gasteiger partial charge in [-0.05, 0) is 18.2 Å². The molecule has 1 fully saturated rings. The van der Waals surface area contributed by atoms with Crippen molar-refractivity contribution in [1.29, 1.82) is 0 Å². The zero-order valence-electron chi connectivity index (χ0n) is 14.2. The number of hydrogen-bond donors (Lipinski definition) is 0. The molecule has 1 saturated heterocycles. The average molecular weight is 350 g/mol. The second kappa shape index (κ2) is 5.96. The Bertz CT molecular complexity index is 1030. The molecule has 132 valence electrons. The van der Waals surface area contributed by atoms with Crippen LogP contribution in [0.4, 0.5) is 0 Å². The predicted octanol–water partition coefficient (Wildman–Crippen LogP) is 1.93. The average Bonchev–Trinajstić information content (AvgIpc) is 3.07. The minimum absolute atomic E-state index is 0.0134. The van der Waals surface area contributed by atoms with E-state index in [1.165, 1.54) is 0 Å². The highest BCUT2D eigenvalue weighted by Crippen LogP contribution is 2.31. The molecule has 0 saturated carbocycles. The maximum atomic E-state index is 13.0. The van der Waals surface area contributed by atoms with E-state index in [1.807, 2.05) is 18.2 Å². The quantitative estimate of drug-likeness (QED) is 0.667. The summed E-state index contributed by atoms with van der Waals surface area (Å²) in [6.07, 6.45) is 5.44. The van der Waals surface area contributed by atoms with Crippen LogP contribution in [0.3, 0.4) is 0 Å². The summed E-state index contributed by atoms with van der Waals surface area (Å²) in [5.74, 6) is 0.845.